The van der Waals surface area contributed by atoms with E-state index in [9.17, 15) is 4.79 Å². The molecule has 0 aromatic heterocycles. The van der Waals surface area contributed by atoms with Gasteiger partial charge in [0.25, 0.3) is 5.91 Å². The molecule has 1 saturated carbocycles. The molecule has 2 unspecified atom stereocenters. The van der Waals surface area contributed by atoms with Crippen LogP contribution in [0, 0.1) is 12.8 Å². The van der Waals surface area contributed by atoms with E-state index >= 15 is 0 Å². The van der Waals surface area contributed by atoms with Crippen LogP contribution < -0.4 is 11.1 Å². The van der Waals surface area contributed by atoms with Gasteiger partial charge in [-0.15, -0.1) is 0 Å². The summed E-state index contributed by atoms with van der Waals surface area (Å²) in [6.45, 7) is 4.14. The zero-order chi connectivity index (χ0) is 13.8. The van der Waals surface area contributed by atoms with E-state index in [1.54, 1.807) is 6.07 Å². The van der Waals surface area contributed by atoms with Crippen molar-refractivity contribution in [3.8, 4) is 0 Å². The third-order valence-electron chi connectivity index (χ3n) is 4.32. The molecule has 0 spiro atoms. The third-order valence-corrected chi connectivity index (χ3v) is 4.32. The van der Waals surface area contributed by atoms with Gasteiger partial charge in [-0.2, -0.15) is 0 Å². The molecular weight excluding hydrogens is 236 g/mol. The third kappa shape index (κ3) is 3.09. The number of nitrogen functional groups attached to an aromatic ring is 1. The van der Waals surface area contributed by atoms with Crippen molar-refractivity contribution in [3.05, 3.63) is 29.3 Å². The Hall–Kier alpha value is -1.51. The molecule has 2 atom stereocenters. The molecule has 3 N–H and O–H groups in total. The molecule has 1 aromatic carbocycles. The first kappa shape index (κ1) is 13.9. The standard InChI is InChI=1S/C16H24N2O/c1-3-12-8-4-5-10-14(12)18-16(19)13-9-6-7-11(2)15(13)17/h6-7,9,12,14H,3-5,8,10,17H2,1-2H3,(H,18,19). The molecule has 19 heavy (non-hydrogen) atoms. The van der Waals surface area contributed by atoms with Crippen molar-refractivity contribution in [2.24, 2.45) is 5.92 Å². The molecule has 104 valence electrons. The van der Waals surface area contributed by atoms with Gasteiger partial charge in [0.15, 0.2) is 0 Å². The smallest absolute Gasteiger partial charge is 0.253 e. The monoisotopic (exact) mass is 260 g/mol. The van der Waals surface area contributed by atoms with Crippen LogP contribution in [0.25, 0.3) is 0 Å². The van der Waals surface area contributed by atoms with Gasteiger partial charge in [-0.25, -0.2) is 0 Å². The van der Waals surface area contributed by atoms with Gasteiger partial charge in [-0.3, -0.25) is 4.79 Å². The number of carbonyl (C=O) groups excluding carboxylic acids is 1. The van der Waals surface area contributed by atoms with Crippen LogP contribution in [-0.4, -0.2) is 11.9 Å². The van der Waals surface area contributed by atoms with Crippen LogP contribution in [-0.2, 0) is 0 Å². The van der Waals surface area contributed by atoms with E-state index in [-0.39, 0.29) is 5.91 Å². The maximum atomic E-state index is 12.4. The molecule has 3 nitrogen and oxygen atoms in total. The minimum absolute atomic E-state index is 0.0217. The van der Waals surface area contributed by atoms with E-state index < -0.39 is 0 Å². The van der Waals surface area contributed by atoms with Crippen LogP contribution in [0.4, 0.5) is 5.69 Å². The number of benzene rings is 1. The largest absolute Gasteiger partial charge is 0.398 e. The first-order valence-corrected chi connectivity index (χ1v) is 7.29. The molecule has 0 saturated heterocycles. The number of nitrogens with one attached hydrogen (secondary N) is 1. The summed E-state index contributed by atoms with van der Waals surface area (Å²) in [5.41, 5.74) is 8.17. The number of para-hydroxylation sites is 1. The fourth-order valence-electron chi connectivity index (χ4n) is 3.01. The number of carbonyl (C=O) groups is 1. The minimum Gasteiger partial charge on any atom is -0.398 e. The summed E-state index contributed by atoms with van der Waals surface area (Å²) in [7, 11) is 0. The summed E-state index contributed by atoms with van der Waals surface area (Å²) in [4.78, 5) is 12.4. The van der Waals surface area contributed by atoms with Crippen molar-refractivity contribution in [1.29, 1.82) is 0 Å². The molecular formula is C16H24N2O. The van der Waals surface area contributed by atoms with Crippen molar-refractivity contribution >= 4 is 11.6 Å². The highest BCUT2D eigenvalue weighted by atomic mass is 16.1. The number of hydrogen-bond donors (Lipinski definition) is 2. The van der Waals surface area contributed by atoms with Crippen LogP contribution in [0.3, 0.4) is 0 Å². The number of amides is 1. The van der Waals surface area contributed by atoms with Crippen molar-refractivity contribution < 1.29 is 4.79 Å². The van der Waals surface area contributed by atoms with E-state index in [4.69, 9.17) is 5.73 Å². The van der Waals surface area contributed by atoms with Gasteiger partial charge in [0.2, 0.25) is 0 Å². The maximum absolute atomic E-state index is 12.4. The molecule has 1 aromatic rings. The predicted molar refractivity (Wildman–Crippen MR) is 79.1 cm³/mol. The summed E-state index contributed by atoms with van der Waals surface area (Å²) in [5, 5.41) is 3.19. The lowest BCUT2D eigenvalue weighted by atomic mass is 9.83. The summed E-state index contributed by atoms with van der Waals surface area (Å²) in [6.07, 6.45) is 5.96. The number of rotatable bonds is 3. The lowest BCUT2D eigenvalue weighted by Crippen LogP contribution is -2.42. The summed E-state index contributed by atoms with van der Waals surface area (Å²) in [5.74, 6) is 0.593. The summed E-state index contributed by atoms with van der Waals surface area (Å²) in [6, 6.07) is 5.94. The van der Waals surface area contributed by atoms with Crippen LogP contribution in [0.2, 0.25) is 0 Å². The molecule has 3 heteroatoms. The van der Waals surface area contributed by atoms with Crippen LogP contribution in [0.1, 0.15) is 54.9 Å². The average Bonchev–Trinajstić information content (AvgIpc) is 2.42. The Bertz CT molecular complexity index is 456. The second-order valence-electron chi connectivity index (χ2n) is 5.57. The Kier molecular flexibility index (Phi) is 4.46. The van der Waals surface area contributed by atoms with Gasteiger partial charge in [0.05, 0.1) is 5.56 Å². The Balaban J connectivity index is 2.09. The van der Waals surface area contributed by atoms with Crippen LogP contribution >= 0.6 is 0 Å². The molecule has 2 rings (SSSR count). The SMILES string of the molecule is CCC1CCCCC1NC(=O)c1cccc(C)c1N. The lowest BCUT2D eigenvalue weighted by Gasteiger charge is -2.31. The zero-order valence-electron chi connectivity index (χ0n) is 11.9. The topological polar surface area (TPSA) is 55.1 Å². The van der Waals surface area contributed by atoms with E-state index in [1.807, 2.05) is 19.1 Å². The molecule has 1 aliphatic rings. The molecule has 1 aliphatic carbocycles. The highest BCUT2D eigenvalue weighted by Gasteiger charge is 2.25. The fraction of sp³-hybridized carbons (Fsp3) is 0.562. The lowest BCUT2D eigenvalue weighted by molar-refractivity contribution is 0.0905. The molecule has 0 heterocycles. The Morgan fingerprint density at radius 1 is 1.37 bits per heavy atom. The van der Waals surface area contributed by atoms with Crippen molar-refractivity contribution in [2.75, 3.05) is 5.73 Å². The molecule has 1 fully saturated rings. The van der Waals surface area contributed by atoms with Crippen molar-refractivity contribution in [3.63, 3.8) is 0 Å². The zero-order valence-corrected chi connectivity index (χ0v) is 11.9. The summed E-state index contributed by atoms with van der Waals surface area (Å²) < 4.78 is 0. The van der Waals surface area contributed by atoms with E-state index in [0.717, 1.165) is 18.4 Å². The Morgan fingerprint density at radius 2 is 2.11 bits per heavy atom. The number of aryl methyl sites for hydroxylation is 1. The highest BCUT2D eigenvalue weighted by Crippen LogP contribution is 2.27. The molecule has 1 amide bonds. The fourth-order valence-corrected chi connectivity index (χ4v) is 3.01. The first-order valence-electron chi connectivity index (χ1n) is 7.29. The van der Waals surface area contributed by atoms with Crippen molar-refractivity contribution in [2.45, 2.75) is 52.0 Å². The van der Waals surface area contributed by atoms with Gasteiger partial charge in [-0.05, 0) is 37.3 Å². The normalized spacial score (nSPS) is 23.1. The number of anilines is 1. The van der Waals surface area contributed by atoms with Gasteiger partial charge in [0.1, 0.15) is 0 Å². The van der Waals surface area contributed by atoms with Gasteiger partial charge in [0, 0.05) is 11.7 Å². The summed E-state index contributed by atoms with van der Waals surface area (Å²) >= 11 is 0. The van der Waals surface area contributed by atoms with Gasteiger partial charge >= 0.3 is 0 Å². The first-order chi connectivity index (χ1) is 9.13. The minimum atomic E-state index is -0.0217. The van der Waals surface area contributed by atoms with E-state index in [1.165, 1.54) is 19.3 Å². The second kappa shape index (κ2) is 6.09. The predicted octanol–water partition coefficient (Wildman–Crippen LogP) is 3.28. The van der Waals surface area contributed by atoms with E-state index in [2.05, 4.69) is 12.2 Å². The number of hydrogen-bond acceptors (Lipinski definition) is 2. The highest BCUT2D eigenvalue weighted by molar-refractivity contribution is 5.99. The quantitative estimate of drug-likeness (QED) is 0.819. The van der Waals surface area contributed by atoms with E-state index in [0.29, 0.717) is 23.2 Å². The molecule has 0 bridgehead atoms. The Labute approximate surface area is 115 Å². The van der Waals surface area contributed by atoms with Gasteiger partial charge in [-0.1, -0.05) is 38.3 Å². The maximum Gasteiger partial charge on any atom is 0.253 e. The second-order valence-corrected chi connectivity index (χ2v) is 5.57. The molecule has 0 radical (unpaired) electrons. The van der Waals surface area contributed by atoms with Crippen LogP contribution in [0.5, 0.6) is 0 Å². The average molecular weight is 260 g/mol. The van der Waals surface area contributed by atoms with Gasteiger partial charge < -0.3 is 11.1 Å². The van der Waals surface area contributed by atoms with Crippen LogP contribution in [0.15, 0.2) is 18.2 Å². The Morgan fingerprint density at radius 3 is 2.84 bits per heavy atom. The van der Waals surface area contributed by atoms with Crippen molar-refractivity contribution in [1.82, 2.24) is 5.32 Å². The molecule has 0 aliphatic heterocycles. The number of nitrogens with two attached hydrogens (primary N) is 1.